The minimum atomic E-state index is 0.673. The topological polar surface area (TPSA) is 38.9 Å². The highest BCUT2D eigenvalue weighted by Gasteiger charge is 2.02. The summed E-state index contributed by atoms with van der Waals surface area (Å²) in [6, 6.07) is 1.93. The molecule has 4 heteroatoms. The van der Waals surface area contributed by atoms with Crippen LogP contribution in [-0.2, 0) is 0 Å². The van der Waals surface area contributed by atoms with Gasteiger partial charge in [-0.25, -0.2) is 4.98 Å². The van der Waals surface area contributed by atoms with Gasteiger partial charge in [0.25, 0.3) is 0 Å². The highest BCUT2D eigenvalue weighted by Crippen LogP contribution is 2.18. The lowest BCUT2D eigenvalue weighted by Gasteiger charge is -1.91. The first-order valence-corrected chi connectivity index (χ1v) is 4.79. The number of nitrogens with zero attached hydrogens (tertiary/aromatic N) is 2. The van der Waals surface area contributed by atoms with Gasteiger partial charge in [-0.05, 0) is 19.2 Å². The van der Waals surface area contributed by atoms with Gasteiger partial charge in [-0.15, -0.1) is 0 Å². The van der Waals surface area contributed by atoms with E-state index in [2.05, 4.69) is 9.97 Å². The Kier molecular flexibility index (Phi) is 1.77. The number of hydrogen-bond acceptors (Lipinski definition) is 4. The van der Waals surface area contributed by atoms with Crippen LogP contribution in [0.25, 0.3) is 11.1 Å². The summed E-state index contributed by atoms with van der Waals surface area (Å²) in [4.78, 5) is 8.33. The molecule has 0 aliphatic carbocycles. The Morgan fingerprint density at radius 2 is 2.33 bits per heavy atom. The number of rotatable bonds is 1. The van der Waals surface area contributed by atoms with E-state index < -0.39 is 0 Å². The maximum absolute atomic E-state index is 5.35. The highest BCUT2D eigenvalue weighted by molar-refractivity contribution is 7.98. The lowest BCUT2D eigenvalue weighted by Crippen LogP contribution is -1.82. The second-order valence-corrected chi connectivity index (χ2v) is 3.25. The zero-order chi connectivity index (χ0) is 8.55. The molecule has 0 spiro atoms. The first-order valence-electron chi connectivity index (χ1n) is 3.57. The molecule has 2 heterocycles. The van der Waals surface area contributed by atoms with Crippen molar-refractivity contribution >= 4 is 22.9 Å². The Morgan fingerprint density at radius 1 is 1.50 bits per heavy atom. The maximum atomic E-state index is 5.35. The quantitative estimate of drug-likeness (QED) is 0.498. The molecule has 0 amide bonds. The molecular weight excluding hydrogens is 172 g/mol. The predicted octanol–water partition coefficient (Wildman–Crippen LogP) is 2.25. The summed E-state index contributed by atoms with van der Waals surface area (Å²) >= 11 is 1.51. The average molecular weight is 180 g/mol. The van der Waals surface area contributed by atoms with Crippen LogP contribution in [0.3, 0.4) is 0 Å². The van der Waals surface area contributed by atoms with Gasteiger partial charge >= 0.3 is 0 Å². The summed E-state index contributed by atoms with van der Waals surface area (Å²) in [5.41, 5.74) is 0.673. The van der Waals surface area contributed by atoms with E-state index in [0.29, 0.717) is 5.71 Å². The van der Waals surface area contributed by atoms with Gasteiger partial charge in [0.2, 0.25) is 5.71 Å². The molecule has 62 valence electrons. The molecule has 0 unspecified atom stereocenters. The van der Waals surface area contributed by atoms with E-state index in [9.17, 15) is 0 Å². The van der Waals surface area contributed by atoms with Crippen LogP contribution in [0.15, 0.2) is 21.8 Å². The van der Waals surface area contributed by atoms with Crippen molar-refractivity contribution in [2.24, 2.45) is 0 Å². The van der Waals surface area contributed by atoms with E-state index in [0.717, 1.165) is 16.3 Å². The Hall–Kier alpha value is -1.03. The van der Waals surface area contributed by atoms with Gasteiger partial charge in [0.15, 0.2) is 5.16 Å². The number of aromatic nitrogens is 2. The van der Waals surface area contributed by atoms with Crippen LogP contribution >= 0.6 is 11.8 Å². The molecule has 0 atom stereocenters. The summed E-state index contributed by atoms with van der Waals surface area (Å²) in [5, 5.41) is 1.71. The van der Waals surface area contributed by atoms with Crippen molar-refractivity contribution in [1.29, 1.82) is 0 Å². The Labute approximate surface area is 74.2 Å². The van der Waals surface area contributed by atoms with Gasteiger partial charge in [-0.1, -0.05) is 11.8 Å². The molecule has 2 rings (SSSR count). The molecule has 0 radical (unpaired) electrons. The molecule has 0 saturated heterocycles. The average Bonchev–Trinajstić information content (AvgIpc) is 2.43. The predicted molar refractivity (Wildman–Crippen MR) is 48.3 cm³/mol. The summed E-state index contributed by atoms with van der Waals surface area (Å²) in [6.45, 7) is 1.90. The van der Waals surface area contributed by atoms with Crippen LogP contribution in [-0.4, -0.2) is 16.2 Å². The lowest BCUT2D eigenvalue weighted by molar-refractivity contribution is 0.563. The van der Waals surface area contributed by atoms with Gasteiger partial charge in [0.05, 0.1) is 5.39 Å². The number of fused-ring (bicyclic) bond motifs is 1. The second-order valence-electron chi connectivity index (χ2n) is 2.47. The SMILES string of the molecule is CSc1ncc2cc(C)oc2n1. The fraction of sp³-hybridized carbons (Fsp3) is 0.250. The molecule has 3 nitrogen and oxygen atoms in total. The molecule has 2 aromatic heterocycles. The first-order chi connectivity index (χ1) is 5.79. The minimum absolute atomic E-state index is 0.673. The Bertz CT molecular complexity index is 410. The smallest absolute Gasteiger partial charge is 0.230 e. The molecule has 12 heavy (non-hydrogen) atoms. The lowest BCUT2D eigenvalue weighted by atomic mass is 10.4. The Balaban J connectivity index is 2.66. The molecule has 0 aliphatic rings. The van der Waals surface area contributed by atoms with Crippen molar-refractivity contribution in [3.05, 3.63) is 18.0 Å². The molecule has 2 aromatic rings. The number of hydrogen-bond donors (Lipinski definition) is 0. The van der Waals surface area contributed by atoms with Gasteiger partial charge in [-0.2, -0.15) is 4.98 Å². The molecule has 0 fully saturated rings. The van der Waals surface area contributed by atoms with Crippen LogP contribution in [0.1, 0.15) is 5.76 Å². The van der Waals surface area contributed by atoms with Crippen LogP contribution in [0.2, 0.25) is 0 Å². The molecule has 0 saturated carbocycles. The zero-order valence-electron chi connectivity index (χ0n) is 6.87. The van der Waals surface area contributed by atoms with Crippen molar-refractivity contribution in [2.45, 2.75) is 12.1 Å². The molecular formula is C8H8N2OS. The monoisotopic (exact) mass is 180 g/mol. The van der Waals surface area contributed by atoms with E-state index in [1.54, 1.807) is 6.20 Å². The Morgan fingerprint density at radius 3 is 3.08 bits per heavy atom. The molecule has 0 N–H and O–H groups in total. The molecule has 0 aliphatic heterocycles. The van der Waals surface area contributed by atoms with E-state index >= 15 is 0 Å². The normalized spacial score (nSPS) is 10.8. The maximum Gasteiger partial charge on any atom is 0.230 e. The van der Waals surface area contributed by atoms with Crippen LogP contribution < -0.4 is 0 Å². The summed E-state index contributed by atoms with van der Waals surface area (Å²) in [6.07, 6.45) is 3.72. The van der Waals surface area contributed by atoms with Gasteiger partial charge in [0, 0.05) is 6.20 Å². The van der Waals surface area contributed by atoms with Crippen LogP contribution in [0, 0.1) is 6.92 Å². The van der Waals surface area contributed by atoms with Crippen molar-refractivity contribution in [2.75, 3.05) is 6.26 Å². The van der Waals surface area contributed by atoms with Crippen molar-refractivity contribution in [1.82, 2.24) is 9.97 Å². The molecule has 0 aromatic carbocycles. The highest BCUT2D eigenvalue weighted by atomic mass is 32.2. The molecule has 0 bridgehead atoms. The van der Waals surface area contributed by atoms with Crippen molar-refractivity contribution in [3.8, 4) is 0 Å². The number of thioether (sulfide) groups is 1. The zero-order valence-corrected chi connectivity index (χ0v) is 7.68. The van der Waals surface area contributed by atoms with Gasteiger partial charge in [-0.3, -0.25) is 0 Å². The third kappa shape index (κ3) is 1.18. The fourth-order valence-corrected chi connectivity index (χ4v) is 1.37. The first kappa shape index (κ1) is 7.61. The number of aryl methyl sites for hydroxylation is 1. The van der Waals surface area contributed by atoms with Crippen LogP contribution in [0.5, 0.6) is 0 Å². The standard InChI is InChI=1S/C8H8N2OS/c1-5-3-6-4-9-8(12-2)10-7(6)11-5/h3-4H,1-2H3. The van der Waals surface area contributed by atoms with E-state index in [1.807, 2.05) is 19.2 Å². The van der Waals surface area contributed by atoms with Gasteiger partial charge < -0.3 is 4.42 Å². The van der Waals surface area contributed by atoms with Crippen molar-refractivity contribution in [3.63, 3.8) is 0 Å². The summed E-state index contributed by atoms with van der Waals surface area (Å²) < 4.78 is 5.35. The fourth-order valence-electron chi connectivity index (χ4n) is 1.04. The van der Waals surface area contributed by atoms with E-state index in [4.69, 9.17) is 4.42 Å². The van der Waals surface area contributed by atoms with E-state index in [1.165, 1.54) is 11.8 Å². The minimum Gasteiger partial charge on any atom is -0.443 e. The number of furan rings is 1. The van der Waals surface area contributed by atoms with Crippen LogP contribution in [0.4, 0.5) is 0 Å². The third-order valence-corrected chi connectivity index (χ3v) is 2.12. The largest absolute Gasteiger partial charge is 0.443 e. The third-order valence-electron chi connectivity index (χ3n) is 1.56. The van der Waals surface area contributed by atoms with Crippen molar-refractivity contribution < 1.29 is 4.42 Å². The summed E-state index contributed by atoms with van der Waals surface area (Å²) in [7, 11) is 0. The second kappa shape index (κ2) is 2.79. The van der Waals surface area contributed by atoms with E-state index in [-0.39, 0.29) is 0 Å². The van der Waals surface area contributed by atoms with Gasteiger partial charge in [0.1, 0.15) is 5.76 Å². The summed E-state index contributed by atoms with van der Waals surface area (Å²) in [5.74, 6) is 0.873.